The van der Waals surface area contributed by atoms with Gasteiger partial charge in [0.1, 0.15) is 11.8 Å². The molecule has 2 rings (SSSR count). The van der Waals surface area contributed by atoms with E-state index in [1.54, 1.807) is 31.4 Å². The number of aliphatic carboxylic acids is 1. The maximum atomic E-state index is 12.0. The van der Waals surface area contributed by atoms with Crippen LogP contribution < -0.4 is 10.1 Å². The molecule has 0 aliphatic heterocycles. The number of carbonyl (C=O) groups excluding carboxylic acids is 1. The Balaban J connectivity index is 2.01. The monoisotopic (exact) mass is 403 g/mol. The third-order valence-electron chi connectivity index (χ3n) is 3.50. The Bertz CT molecular complexity index is 774. The van der Waals surface area contributed by atoms with Crippen molar-refractivity contribution in [1.82, 2.24) is 5.32 Å². The van der Waals surface area contributed by atoms with E-state index in [1.165, 1.54) is 6.08 Å². The number of ether oxygens (including phenoxy) is 1. The molecule has 0 radical (unpaired) electrons. The summed E-state index contributed by atoms with van der Waals surface area (Å²) in [6.45, 7) is 0. The summed E-state index contributed by atoms with van der Waals surface area (Å²) in [6, 6.07) is 13.6. The standard InChI is InChI=1S/C19H18BrNO4/c1-25-17-9-7-14(11-15(17)20)8-10-18(22)21-16(19(23)24)12-13-5-3-2-4-6-13/h2-11,16H,12H2,1H3,(H,21,22)(H,23,24)/b10-8+/t16-/m1/s1. The minimum absolute atomic E-state index is 0.226. The summed E-state index contributed by atoms with van der Waals surface area (Å²) in [7, 11) is 1.57. The molecular weight excluding hydrogens is 386 g/mol. The van der Waals surface area contributed by atoms with Crippen LogP contribution in [0.2, 0.25) is 0 Å². The van der Waals surface area contributed by atoms with Crippen molar-refractivity contribution in [1.29, 1.82) is 0 Å². The molecule has 5 nitrogen and oxygen atoms in total. The van der Waals surface area contributed by atoms with Crippen molar-refractivity contribution < 1.29 is 19.4 Å². The molecule has 0 aliphatic rings. The molecule has 130 valence electrons. The highest BCUT2D eigenvalue weighted by atomic mass is 79.9. The zero-order valence-electron chi connectivity index (χ0n) is 13.6. The van der Waals surface area contributed by atoms with E-state index >= 15 is 0 Å². The zero-order valence-corrected chi connectivity index (χ0v) is 15.2. The molecule has 0 aromatic heterocycles. The topological polar surface area (TPSA) is 75.6 Å². The van der Waals surface area contributed by atoms with E-state index in [2.05, 4.69) is 21.2 Å². The number of benzene rings is 2. The average Bonchev–Trinajstić information content (AvgIpc) is 2.60. The van der Waals surface area contributed by atoms with Crippen molar-refractivity contribution in [2.24, 2.45) is 0 Å². The number of rotatable bonds is 7. The van der Waals surface area contributed by atoms with E-state index in [-0.39, 0.29) is 6.42 Å². The van der Waals surface area contributed by atoms with E-state index in [9.17, 15) is 14.7 Å². The van der Waals surface area contributed by atoms with Gasteiger partial charge < -0.3 is 15.2 Å². The lowest BCUT2D eigenvalue weighted by molar-refractivity contribution is -0.141. The van der Waals surface area contributed by atoms with Gasteiger partial charge in [0.2, 0.25) is 5.91 Å². The third-order valence-corrected chi connectivity index (χ3v) is 4.12. The number of carbonyl (C=O) groups is 2. The lowest BCUT2D eigenvalue weighted by atomic mass is 10.1. The number of nitrogens with one attached hydrogen (secondary N) is 1. The predicted octanol–water partition coefficient (Wildman–Crippen LogP) is 3.28. The molecule has 0 unspecified atom stereocenters. The lowest BCUT2D eigenvalue weighted by Crippen LogP contribution is -2.41. The van der Waals surface area contributed by atoms with Crippen LogP contribution >= 0.6 is 15.9 Å². The number of hydrogen-bond donors (Lipinski definition) is 2. The van der Waals surface area contributed by atoms with Gasteiger partial charge in [0.15, 0.2) is 0 Å². The first kappa shape index (κ1) is 18.7. The summed E-state index contributed by atoms with van der Waals surface area (Å²) in [6.07, 6.45) is 3.15. The Morgan fingerprint density at radius 2 is 1.96 bits per heavy atom. The molecule has 25 heavy (non-hydrogen) atoms. The van der Waals surface area contributed by atoms with Crippen molar-refractivity contribution in [2.45, 2.75) is 12.5 Å². The summed E-state index contributed by atoms with van der Waals surface area (Å²) < 4.78 is 5.91. The van der Waals surface area contributed by atoms with Crippen LogP contribution in [0.4, 0.5) is 0 Å². The second kappa shape index (κ2) is 9.03. The highest BCUT2D eigenvalue weighted by molar-refractivity contribution is 9.10. The minimum atomic E-state index is -1.07. The van der Waals surface area contributed by atoms with Crippen LogP contribution in [0.15, 0.2) is 59.1 Å². The smallest absolute Gasteiger partial charge is 0.326 e. The number of halogens is 1. The second-order valence-corrected chi connectivity index (χ2v) is 6.17. The van der Waals surface area contributed by atoms with Crippen LogP contribution in [0.3, 0.4) is 0 Å². The summed E-state index contributed by atoms with van der Waals surface area (Å²) in [4.78, 5) is 23.4. The summed E-state index contributed by atoms with van der Waals surface area (Å²) in [5.41, 5.74) is 1.64. The molecule has 2 aromatic carbocycles. The highest BCUT2D eigenvalue weighted by Crippen LogP contribution is 2.25. The van der Waals surface area contributed by atoms with Crippen LogP contribution in [-0.4, -0.2) is 30.1 Å². The normalized spacial score (nSPS) is 11.9. The van der Waals surface area contributed by atoms with E-state index in [0.717, 1.165) is 15.6 Å². The Kier molecular flexibility index (Phi) is 6.77. The molecule has 1 atom stereocenters. The van der Waals surface area contributed by atoms with Crippen molar-refractivity contribution in [3.05, 3.63) is 70.2 Å². The van der Waals surface area contributed by atoms with E-state index < -0.39 is 17.9 Å². The van der Waals surface area contributed by atoms with Crippen LogP contribution in [0.1, 0.15) is 11.1 Å². The maximum Gasteiger partial charge on any atom is 0.326 e. The molecule has 0 heterocycles. The fourth-order valence-corrected chi connectivity index (χ4v) is 2.79. The quantitative estimate of drug-likeness (QED) is 0.695. The van der Waals surface area contributed by atoms with Gasteiger partial charge in [-0.2, -0.15) is 0 Å². The van der Waals surface area contributed by atoms with Crippen molar-refractivity contribution in [3.63, 3.8) is 0 Å². The molecule has 2 N–H and O–H groups in total. The van der Waals surface area contributed by atoms with Gasteiger partial charge in [-0.15, -0.1) is 0 Å². The number of amides is 1. The van der Waals surface area contributed by atoms with E-state index in [1.807, 2.05) is 30.3 Å². The predicted molar refractivity (Wildman–Crippen MR) is 99.4 cm³/mol. The van der Waals surface area contributed by atoms with Gasteiger partial charge >= 0.3 is 5.97 Å². The van der Waals surface area contributed by atoms with Gasteiger partial charge in [0, 0.05) is 12.5 Å². The number of carboxylic acid groups (broad SMARTS) is 1. The first-order chi connectivity index (χ1) is 12.0. The van der Waals surface area contributed by atoms with Gasteiger partial charge in [0.25, 0.3) is 0 Å². The van der Waals surface area contributed by atoms with Gasteiger partial charge in [-0.1, -0.05) is 36.4 Å². The Morgan fingerprint density at radius 3 is 2.56 bits per heavy atom. The van der Waals surface area contributed by atoms with E-state index in [4.69, 9.17) is 4.74 Å². The lowest BCUT2D eigenvalue weighted by Gasteiger charge is -2.13. The molecule has 0 fully saturated rings. The van der Waals surface area contributed by atoms with Crippen molar-refractivity contribution in [2.75, 3.05) is 7.11 Å². The van der Waals surface area contributed by atoms with Gasteiger partial charge in [0.05, 0.1) is 11.6 Å². The summed E-state index contributed by atoms with van der Waals surface area (Å²) in [5.74, 6) is -0.844. The van der Waals surface area contributed by atoms with Crippen molar-refractivity contribution >= 4 is 33.9 Å². The molecule has 0 bridgehead atoms. The zero-order chi connectivity index (χ0) is 18.2. The molecule has 0 saturated heterocycles. The molecule has 0 saturated carbocycles. The summed E-state index contributed by atoms with van der Waals surface area (Å²) in [5, 5.41) is 11.8. The van der Waals surface area contributed by atoms with Gasteiger partial charge in [-0.25, -0.2) is 4.79 Å². The number of methoxy groups -OCH3 is 1. The fraction of sp³-hybridized carbons (Fsp3) is 0.158. The maximum absolute atomic E-state index is 12.0. The molecule has 0 aliphatic carbocycles. The van der Waals surface area contributed by atoms with E-state index in [0.29, 0.717) is 5.75 Å². The minimum Gasteiger partial charge on any atom is -0.496 e. The fourth-order valence-electron chi connectivity index (χ4n) is 2.23. The first-order valence-electron chi connectivity index (χ1n) is 7.58. The van der Waals surface area contributed by atoms with Crippen LogP contribution in [0.25, 0.3) is 6.08 Å². The Morgan fingerprint density at radius 1 is 1.24 bits per heavy atom. The SMILES string of the molecule is COc1ccc(/C=C/C(=O)N[C@H](Cc2ccccc2)C(=O)O)cc1Br. The average molecular weight is 404 g/mol. The van der Waals surface area contributed by atoms with Crippen LogP contribution in [0, 0.1) is 0 Å². The Hall–Kier alpha value is -2.60. The van der Waals surface area contributed by atoms with Gasteiger partial charge in [-0.05, 0) is 45.3 Å². The number of carboxylic acids is 1. The Labute approximate surface area is 154 Å². The van der Waals surface area contributed by atoms with Crippen LogP contribution in [0.5, 0.6) is 5.75 Å². The van der Waals surface area contributed by atoms with Gasteiger partial charge in [-0.3, -0.25) is 4.79 Å². The second-order valence-electron chi connectivity index (χ2n) is 5.32. The number of hydrogen-bond acceptors (Lipinski definition) is 3. The molecule has 6 heteroatoms. The van der Waals surface area contributed by atoms with Crippen LogP contribution in [-0.2, 0) is 16.0 Å². The molecule has 2 aromatic rings. The largest absolute Gasteiger partial charge is 0.496 e. The molecular formula is C19H18BrNO4. The third kappa shape index (κ3) is 5.76. The van der Waals surface area contributed by atoms with Crippen molar-refractivity contribution in [3.8, 4) is 5.75 Å². The molecule has 0 spiro atoms. The molecule has 1 amide bonds. The summed E-state index contributed by atoms with van der Waals surface area (Å²) >= 11 is 3.37. The highest BCUT2D eigenvalue weighted by Gasteiger charge is 2.19. The first-order valence-corrected chi connectivity index (χ1v) is 8.37.